The van der Waals surface area contributed by atoms with Gasteiger partial charge in [-0.3, -0.25) is 9.69 Å². The number of carbonyl (C=O) groups is 2. The summed E-state index contributed by atoms with van der Waals surface area (Å²) in [6, 6.07) is 16.4. The van der Waals surface area contributed by atoms with E-state index in [0.29, 0.717) is 19.7 Å². The van der Waals surface area contributed by atoms with Crippen molar-refractivity contribution in [3.8, 4) is 5.75 Å². The molecule has 0 spiro atoms. The van der Waals surface area contributed by atoms with Gasteiger partial charge < -0.3 is 15.4 Å². The molecular weight excluding hydrogens is 318 g/mol. The third-order valence-electron chi connectivity index (χ3n) is 4.02. The highest BCUT2D eigenvalue weighted by Gasteiger charge is 2.29. The molecule has 1 heterocycles. The number of urea groups is 1. The lowest BCUT2D eigenvalue weighted by Crippen LogP contribution is -2.43. The van der Waals surface area contributed by atoms with Gasteiger partial charge in [0.05, 0.1) is 0 Å². The zero-order chi connectivity index (χ0) is 17.6. The van der Waals surface area contributed by atoms with Crippen molar-refractivity contribution >= 4 is 17.6 Å². The second-order valence-corrected chi connectivity index (χ2v) is 5.85. The van der Waals surface area contributed by atoms with E-state index in [2.05, 4.69) is 10.6 Å². The lowest BCUT2D eigenvalue weighted by atomic mass is 10.1. The van der Waals surface area contributed by atoms with E-state index < -0.39 is 6.04 Å². The van der Waals surface area contributed by atoms with Crippen LogP contribution in [-0.2, 0) is 11.4 Å². The summed E-state index contributed by atoms with van der Waals surface area (Å²) in [6.07, 6.45) is 0. The van der Waals surface area contributed by atoms with Crippen molar-refractivity contribution in [1.29, 1.82) is 0 Å². The average Bonchev–Trinajstić information content (AvgIpc) is 3.07. The Morgan fingerprint density at radius 3 is 2.64 bits per heavy atom. The average molecular weight is 339 g/mol. The molecule has 1 fully saturated rings. The molecule has 6 nitrogen and oxygen atoms in total. The van der Waals surface area contributed by atoms with Crippen LogP contribution in [0.5, 0.6) is 5.75 Å². The molecule has 1 unspecified atom stereocenters. The summed E-state index contributed by atoms with van der Waals surface area (Å²) < 4.78 is 5.79. The number of rotatable bonds is 6. The molecule has 0 aliphatic carbocycles. The standard InChI is InChI=1S/C19H21N3O3/c1-14(18(23)22-12-11-20-19(22)24)21-17-10-6-5-7-15(17)13-25-16-8-3-2-4-9-16/h2-10,14,21H,11-13H2,1H3,(H,20,24). The van der Waals surface area contributed by atoms with E-state index in [-0.39, 0.29) is 11.9 Å². The van der Waals surface area contributed by atoms with E-state index >= 15 is 0 Å². The van der Waals surface area contributed by atoms with Crippen LogP contribution < -0.4 is 15.4 Å². The first-order valence-corrected chi connectivity index (χ1v) is 8.26. The van der Waals surface area contributed by atoms with Crippen LogP contribution in [0.15, 0.2) is 54.6 Å². The summed E-state index contributed by atoms with van der Waals surface area (Å²) in [7, 11) is 0. The van der Waals surface area contributed by atoms with Crippen LogP contribution in [0.1, 0.15) is 12.5 Å². The van der Waals surface area contributed by atoms with Crippen LogP contribution in [0.25, 0.3) is 0 Å². The maximum atomic E-state index is 12.4. The lowest BCUT2D eigenvalue weighted by Gasteiger charge is -2.21. The minimum atomic E-state index is -0.512. The van der Waals surface area contributed by atoms with Crippen LogP contribution in [0, 0.1) is 0 Å². The Labute approximate surface area is 146 Å². The van der Waals surface area contributed by atoms with Crippen LogP contribution >= 0.6 is 0 Å². The zero-order valence-corrected chi connectivity index (χ0v) is 14.1. The number of ether oxygens (including phenoxy) is 1. The van der Waals surface area contributed by atoms with Gasteiger partial charge in [0, 0.05) is 24.3 Å². The minimum Gasteiger partial charge on any atom is -0.489 e. The lowest BCUT2D eigenvalue weighted by molar-refractivity contribution is -0.128. The number of hydrogen-bond donors (Lipinski definition) is 2. The molecule has 1 aliphatic heterocycles. The van der Waals surface area contributed by atoms with Crippen molar-refractivity contribution < 1.29 is 14.3 Å². The Bertz CT molecular complexity index is 749. The summed E-state index contributed by atoms with van der Waals surface area (Å²) in [6.45, 7) is 3.04. The number of nitrogens with one attached hydrogen (secondary N) is 2. The molecule has 0 saturated carbocycles. The molecule has 0 radical (unpaired) electrons. The predicted octanol–water partition coefficient (Wildman–Crippen LogP) is 2.62. The molecule has 1 saturated heterocycles. The summed E-state index contributed by atoms with van der Waals surface area (Å²) in [5, 5.41) is 5.83. The second-order valence-electron chi connectivity index (χ2n) is 5.85. The van der Waals surface area contributed by atoms with E-state index in [9.17, 15) is 9.59 Å². The van der Waals surface area contributed by atoms with Crippen LogP contribution in [0.4, 0.5) is 10.5 Å². The molecule has 2 aromatic rings. The molecule has 130 valence electrons. The van der Waals surface area contributed by atoms with E-state index in [1.165, 1.54) is 4.90 Å². The molecule has 2 aromatic carbocycles. The van der Waals surface area contributed by atoms with E-state index in [0.717, 1.165) is 17.0 Å². The Balaban J connectivity index is 1.66. The highest BCUT2D eigenvalue weighted by molar-refractivity contribution is 5.99. The molecule has 0 bridgehead atoms. The van der Waals surface area contributed by atoms with Gasteiger partial charge in [0.25, 0.3) is 5.91 Å². The summed E-state index contributed by atoms with van der Waals surface area (Å²) in [5.74, 6) is 0.545. The fourth-order valence-corrected chi connectivity index (χ4v) is 2.68. The Morgan fingerprint density at radius 2 is 1.92 bits per heavy atom. The maximum Gasteiger partial charge on any atom is 0.324 e. The normalized spacial score (nSPS) is 14.8. The summed E-state index contributed by atoms with van der Waals surface area (Å²) >= 11 is 0. The van der Waals surface area contributed by atoms with Gasteiger partial charge >= 0.3 is 6.03 Å². The van der Waals surface area contributed by atoms with Gasteiger partial charge in [0.15, 0.2) is 0 Å². The van der Waals surface area contributed by atoms with E-state index in [4.69, 9.17) is 4.74 Å². The molecule has 6 heteroatoms. The molecule has 0 aromatic heterocycles. The van der Waals surface area contributed by atoms with Crippen molar-refractivity contribution in [2.45, 2.75) is 19.6 Å². The predicted molar refractivity (Wildman–Crippen MR) is 95.4 cm³/mol. The number of carbonyl (C=O) groups excluding carboxylic acids is 2. The fraction of sp³-hybridized carbons (Fsp3) is 0.263. The molecule has 1 atom stereocenters. The van der Waals surface area contributed by atoms with Gasteiger partial charge in [0.1, 0.15) is 18.4 Å². The molecule has 3 amide bonds. The second kappa shape index (κ2) is 7.70. The highest BCUT2D eigenvalue weighted by atomic mass is 16.5. The van der Waals surface area contributed by atoms with Crippen molar-refractivity contribution in [2.75, 3.05) is 18.4 Å². The minimum absolute atomic E-state index is 0.242. The van der Waals surface area contributed by atoms with Gasteiger partial charge in [-0.2, -0.15) is 0 Å². The first-order chi connectivity index (χ1) is 12.1. The van der Waals surface area contributed by atoms with Crippen molar-refractivity contribution in [3.05, 3.63) is 60.2 Å². The molecular formula is C19H21N3O3. The van der Waals surface area contributed by atoms with Crippen molar-refractivity contribution in [2.24, 2.45) is 0 Å². The van der Waals surface area contributed by atoms with E-state index in [1.807, 2.05) is 54.6 Å². The number of amides is 3. The third kappa shape index (κ3) is 4.09. The summed E-state index contributed by atoms with van der Waals surface area (Å²) in [5.41, 5.74) is 1.76. The molecule has 2 N–H and O–H groups in total. The quantitative estimate of drug-likeness (QED) is 0.849. The number of para-hydroxylation sites is 2. The van der Waals surface area contributed by atoms with Crippen LogP contribution in [-0.4, -0.2) is 36.0 Å². The van der Waals surface area contributed by atoms with Gasteiger partial charge in [-0.15, -0.1) is 0 Å². The number of anilines is 1. The highest BCUT2D eigenvalue weighted by Crippen LogP contribution is 2.20. The Morgan fingerprint density at radius 1 is 1.20 bits per heavy atom. The fourth-order valence-electron chi connectivity index (χ4n) is 2.68. The maximum absolute atomic E-state index is 12.4. The van der Waals surface area contributed by atoms with E-state index in [1.54, 1.807) is 6.92 Å². The zero-order valence-electron chi connectivity index (χ0n) is 14.1. The number of nitrogens with zero attached hydrogens (tertiary/aromatic N) is 1. The van der Waals surface area contributed by atoms with Gasteiger partial charge in [-0.05, 0) is 25.1 Å². The Hall–Kier alpha value is -3.02. The number of benzene rings is 2. The molecule has 25 heavy (non-hydrogen) atoms. The van der Waals surface area contributed by atoms with Crippen molar-refractivity contribution in [1.82, 2.24) is 10.2 Å². The third-order valence-corrected chi connectivity index (χ3v) is 4.02. The smallest absolute Gasteiger partial charge is 0.324 e. The molecule has 1 aliphatic rings. The van der Waals surface area contributed by atoms with Crippen molar-refractivity contribution in [3.63, 3.8) is 0 Å². The largest absolute Gasteiger partial charge is 0.489 e. The van der Waals surface area contributed by atoms with Gasteiger partial charge in [-0.1, -0.05) is 36.4 Å². The van der Waals surface area contributed by atoms with Crippen LogP contribution in [0.2, 0.25) is 0 Å². The molecule has 3 rings (SSSR count). The SMILES string of the molecule is CC(Nc1ccccc1COc1ccccc1)C(=O)N1CCNC1=O. The summed E-state index contributed by atoms with van der Waals surface area (Å²) in [4.78, 5) is 25.3. The van der Waals surface area contributed by atoms with Crippen LogP contribution in [0.3, 0.4) is 0 Å². The Kier molecular flexibility index (Phi) is 5.18. The topological polar surface area (TPSA) is 70.7 Å². The monoisotopic (exact) mass is 339 g/mol. The van der Waals surface area contributed by atoms with Gasteiger partial charge in [0.2, 0.25) is 0 Å². The number of hydrogen-bond acceptors (Lipinski definition) is 4. The van der Waals surface area contributed by atoms with Gasteiger partial charge in [-0.25, -0.2) is 4.79 Å². The first kappa shape index (κ1) is 16.8. The number of imide groups is 1. The first-order valence-electron chi connectivity index (χ1n) is 8.26.